The Labute approximate surface area is 81.3 Å². The molecule has 0 saturated heterocycles. The number of nitrogens with one attached hydrogen (secondary N) is 1. The van der Waals surface area contributed by atoms with Crippen LogP contribution in [0.5, 0.6) is 0 Å². The first kappa shape index (κ1) is 7.76. The SMILES string of the molecule is OC1CC=C[n+]2c1[nH]c1ccccc12. The molecule has 3 rings (SSSR count). The van der Waals surface area contributed by atoms with Crippen LogP contribution < -0.4 is 4.57 Å². The van der Waals surface area contributed by atoms with E-state index in [1.54, 1.807) is 0 Å². The van der Waals surface area contributed by atoms with Crippen LogP contribution in [0, 0.1) is 0 Å². The van der Waals surface area contributed by atoms with Gasteiger partial charge in [0, 0.05) is 6.42 Å². The van der Waals surface area contributed by atoms with Crippen LogP contribution >= 0.6 is 0 Å². The zero-order valence-electron chi connectivity index (χ0n) is 7.64. The maximum absolute atomic E-state index is 9.76. The van der Waals surface area contributed by atoms with Gasteiger partial charge in [-0.15, -0.1) is 0 Å². The summed E-state index contributed by atoms with van der Waals surface area (Å²) in [4.78, 5) is 3.23. The average Bonchev–Trinajstić information content (AvgIpc) is 2.59. The number of aromatic nitrogens is 2. The first-order valence-electron chi connectivity index (χ1n) is 4.73. The van der Waals surface area contributed by atoms with Gasteiger partial charge in [0.15, 0.2) is 17.1 Å². The molecule has 1 aliphatic heterocycles. The summed E-state index contributed by atoms with van der Waals surface area (Å²) in [6.45, 7) is 0. The molecule has 0 radical (unpaired) electrons. The molecule has 1 unspecified atom stereocenters. The quantitative estimate of drug-likeness (QED) is 0.601. The van der Waals surface area contributed by atoms with Gasteiger partial charge in [0.1, 0.15) is 0 Å². The number of benzene rings is 1. The van der Waals surface area contributed by atoms with Gasteiger partial charge in [0.25, 0.3) is 5.82 Å². The number of aliphatic hydroxyl groups is 1. The van der Waals surface area contributed by atoms with E-state index in [2.05, 4.69) is 4.98 Å². The van der Waals surface area contributed by atoms with Crippen LogP contribution in [-0.2, 0) is 0 Å². The Bertz CT molecular complexity index is 513. The first-order chi connectivity index (χ1) is 6.86. The lowest BCUT2D eigenvalue weighted by atomic mass is 10.2. The van der Waals surface area contributed by atoms with E-state index in [4.69, 9.17) is 0 Å². The molecule has 2 heterocycles. The number of aliphatic hydroxyl groups excluding tert-OH is 1. The van der Waals surface area contributed by atoms with Crippen molar-refractivity contribution in [3.8, 4) is 0 Å². The van der Waals surface area contributed by atoms with Crippen molar-refractivity contribution in [2.24, 2.45) is 0 Å². The summed E-state index contributed by atoms with van der Waals surface area (Å²) < 4.78 is 2.00. The Kier molecular flexibility index (Phi) is 1.49. The number of H-pyrrole nitrogens is 1. The van der Waals surface area contributed by atoms with E-state index < -0.39 is 6.10 Å². The van der Waals surface area contributed by atoms with Crippen molar-refractivity contribution in [1.82, 2.24) is 4.98 Å². The van der Waals surface area contributed by atoms with E-state index in [1.807, 2.05) is 41.1 Å². The summed E-state index contributed by atoms with van der Waals surface area (Å²) in [6, 6.07) is 8.04. The van der Waals surface area contributed by atoms with Crippen molar-refractivity contribution in [3.63, 3.8) is 0 Å². The minimum atomic E-state index is -0.410. The van der Waals surface area contributed by atoms with Gasteiger partial charge in [-0.2, -0.15) is 4.57 Å². The molecule has 3 nitrogen and oxygen atoms in total. The third-order valence-corrected chi connectivity index (χ3v) is 2.62. The smallest absolute Gasteiger partial charge is 0.289 e. The topological polar surface area (TPSA) is 39.9 Å². The predicted molar refractivity (Wildman–Crippen MR) is 53.4 cm³/mol. The monoisotopic (exact) mass is 187 g/mol. The second kappa shape index (κ2) is 2.69. The summed E-state index contributed by atoms with van der Waals surface area (Å²) in [6.07, 6.45) is 4.26. The summed E-state index contributed by atoms with van der Waals surface area (Å²) in [5.74, 6) is 0.869. The number of hydrogen-bond acceptors (Lipinski definition) is 1. The molecule has 2 aromatic rings. The maximum atomic E-state index is 9.76. The zero-order chi connectivity index (χ0) is 9.54. The number of nitrogens with zero attached hydrogens (tertiary/aromatic N) is 1. The van der Waals surface area contributed by atoms with Crippen molar-refractivity contribution in [2.75, 3.05) is 0 Å². The number of imidazole rings is 1. The molecule has 1 aromatic carbocycles. The normalized spacial score (nSPS) is 19.9. The molecule has 0 amide bonds. The van der Waals surface area contributed by atoms with Crippen molar-refractivity contribution in [2.45, 2.75) is 12.5 Å². The molecular formula is C11H11N2O+. The lowest BCUT2D eigenvalue weighted by Gasteiger charge is -2.06. The molecule has 3 heteroatoms. The molecule has 2 N–H and O–H groups in total. The van der Waals surface area contributed by atoms with Crippen molar-refractivity contribution >= 4 is 17.2 Å². The van der Waals surface area contributed by atoms with E-state index in [1.165, 1.54) is 0 Å². The summed E-state index contributed by atoms with van der Waals surface area (Å²) in [5.41, 5.74) is 2.17. The van der Waals surface area contributed by atoms with E-state index in [0.717, 1.165) is 16.9 Å². The number of hydrogen-bond donors (Lipinski definition) is 2. The highest BCUT2D eigenvalue weighted by molar-refractivity contribution is 5.72. The predicted octanol–water partition coefficient (Wildman–Crippen LogP) is 1.36. The summed E-state index contributed by atoms with van der Waals surface area (Å²) in [7, 11) is 0. The Hall–Kier alpha value is -1.61. The Morgan fingerprint density at radius 3 is 3.14 bits per heavy atom. The molecule has 1 aliphatic rings. The van der Waals surface area contributed by atoms with E-state index in [-0.39, 0.29) is 0 Å². The lowest BCUT2D eigenvalue weighted by molar-refractivity contribution is -0.557. The molecule has 1 atom stereocenters. The lowest BCUT2D eigenvalue weighted by Crippen LogP contribution is -2.34. The number of rotatable bonds is 0. The second-order valence-corrected chi connectivity index (χ2v) is 3.53. The summed E-state index contributed by atoms with van der Waals surface area (Å²) >= 11 is 0. The molecule has 14 heavy (non-hydrogen) atoms. The molecule has 0 fully saturated rings. The minimum absolute atomic E-state index is 0.410. The number of fused-ring (bicyclic) bond motifs is 3. The molecule has 0 saturated carbocycles. The van der Waals surface area contributed by atoms with Crippen molar-refractivity contribution in [1.29, 1.82) is 0 Å². The molecule has 0 spiro atoms. The minimum Gasteiger partial charge on any atom is -0.380 e. The number of para-hydroxylation sites is 2. The van der Waals surface area contributed by atoms with Crippen LogP contribution in [-0.4, -0.2) is 10.1 Å². The van der Waals surface area contributed by atoms with Crippen LogP contribution in [0.2, 0.25) is 0 Å². The highest BCUT2D eigenvalue weighted by atomic mass is 16.3. The standard InChI is InChI=1S/C11H10N2O/c14-10-6-3-7-13-9-5-2-1-4-8(9)12-11(10)13/h1-5,7,10,14H,6H2/p+1. The fourth-order valence-corrected chi connectivity index (χ4v) is 1.93. The number of aromatic amines is 1. The van der Waals surface area contributed by atoms with Gasteiger partial charge in [-0.1, -0.05) is 12.1 Å². The van der Waals surface area contributed by atoms with E-state index in [0.29, 0.717) is 6.42 Å². The molecule has 0 bridgehead atoms. The average molecular weight is 187 g/mol. The zero-order valence-corrected chi connectivity index (χ0v) is 7.64. The summed E-state index contributed by atoms with van der Waals surface area (Å²) in [5, 5.41) is 9.76. The van der Waals surface area contributed by atoms with Gasteiger partial charge in [0.2, 0.25) is 0 Å². The molecule has 70 valence electrons. The van der Waals surface area contributed by atoms with Crippen LogP contribution in [0.4, 0.5) is 0 Å². The highest BCUT2D eigenvalue weighted by Gasteiger charge is 2.25. The van der Waals surface area contributed by atoms with Crippen LogP contribution in [0.3, 0.4) is 0 Å². The van der Waals surface area contributed by atoms with Crippen LogP contribution in [0.25, 0.3) is 17.2 Å². The van der Waals surface area contributed by atoms with Crippen molar-refractivity contribution in [3.05, 3.63) is 36.2 Å². The maximum Gasteiger partial charge on any atom is 0.289 e. The van der Waals surface area contributed by atoms with Crippen LogP contribution in [0.15, 0.2) is 30.3 Å². The highest BCUT2D eigenvalue weighted by Crippen LogP contribution is 2.20. The molecule has 0 aliphatic carbocycles. The fraction of sp³-hybridized carbons (Fsp3) is 0.182. The third kappa shape index (κ3) is 0.930. The van der Waals surface area contributed by atoms with E-state index >= 15 is 0 Å². The van der Waals surface area contributed by atoms with Crippen molar-refractivity contribution < 1.29 is 9.67 Å². The molecular weight excluding hydrogens is 176 g/mol. The van der Waals surface area contributed by atoms with Gasteiger partial charge in [-0.25, -0.2) is 4.98 Å². The third-order valence-electron chi connectivity index (χ3n) is 2.62. The Balaban J connectivity index is 2.39. The first-order valence-corrected chi connectivity index (χ1v) is 4.73. The Morgan fingerprint density at radius 1 is 1.36 bits per heavy atom. The van der Waals surface area contributed by atoms with Gasteiger partial charge >= 0.3 is 0 Å². The van der Waals surface area contributed by atoms with Crippen LogP contribution in [0.1, 0.15) is 18.3 Å². The largest absolute Gasteiger partial charge is 0.380 e. The van der Waals surface area contributed by atoms with Gasteiger partial charge in [-0.05, 0) is 18.2 Å². The molecule has 1 aromatic heterocycles. The Morgan fingerprint density at radius 2 is 2.21 bits per heavy atom. The second-order valence-electron chi connectivity index (χ2n) is 3.53. The van der Waals surface area contributed by atoms with E-state index in [9.17, 15) is 5.11 Å². The fourth-order valence-electron chi connectivity index (χ4n) is 1.93. The van der Waals surface area contributed by atoms with Gasteiger partial charge in [0.05, 0.1) is 6.20 Å². The van der Waals surface area contributed by atoms with Gasteiger partial charge < -0.3 is 5.11 Å². The van der Waals surface area contributed by atoms with Gasteiger partial charge in [-0.3, -0.25) is 0 Å².